The van der Waals surface area contributed by atoms with E-state index in [1.807, 2.05) is 41.8 Å². The summed E-state index contributed by atoms with van der Waals surface area (Å²) in [6, 6.07) is 10.8. The van der Waals surface area contributed by atoms with Gasteiger partial charge in [-0.3, -0.25) is 14.2 Å². The number of carbonyl (C=O) groups excluding carboxylic acids is 2. The number of nitrogens with one attached hydrogen (secondary N) is 2. The van der Waals surface area contributed by atoms with Crippen LogP contribution >= 0.6 is 11.3 Å². The summed E-state index contributed by atoms with van der Waals surface area (Å²) < 4.78 is 6.93. The van der Waals surface area contributed by atoms with Crippen LogP contribution in [0.2, 0.25) is 0 Å². The molecule has 0 aliphatic carbocycles. The summed E-state index contributed by atoms with van der Waals surface area (Å²) >= 11 is 1.48. The zero-order chi connectivity index (χ0) is 19.2. The van der Waals surface area contributed by atoms with Gasteiger partial charge >= 0.3 is 11.7 Å². The average molecular weight is 387 g/mol. The van der Waals surface area contributed by atoms with Gasteiger partial charge in [0.15, 0.2) is 0 Å². The maximum atomic E-state index is 12.1. The fourth-order valence-electron chi connectivity index (χ4n) is 2.92. The number of H-pyrrole nitrogens is 1. The standard InChI is InChI=1S/C19H21N3O4S/c1-13(23)20-15(17-8-4-11-27-17)12-18(24)26-10-5-9-22-16-7-3-2-6-14(16)21-19(22)25/h2-4,6-8,11,15H,5,9-10,12H2,1H3,(H,20,23)(H,21,25)/t15-/m1/s1. The van der Waals surface area contributed by atoms with E-state index in [4.69, 9.17) is 4.74 Å². The minimum Gasteiger partial charge on any atom is -0.466 e. The maximum Gasteiger partial charge on any atom is 0.326 e. The molecule has 1 amide bonds. The molecular weight excluding hydrogens is 366 g/mol. The zero-order valence-electron chi connectivity index (χ0n) is 14.9. The van der Waals surface area contributed by atoms with Gasteiger partial charge in [-0.25, -0.2) is 4.79 Å². The van der Waals surface area contributed by atoms with Gasteiger partial charge in [0, 0.05) is 18.3 Å². The van der Waals surface area contributed by atoms with Crippen LogP contribution in [0.4, 0.5) is 0 Å². The van der Waals surface area contributed by atoms with Crippen LogP contribution in [-0.4, -0.2) is 28.0 Å². The van der Waals surface area contributed by atoms with Crippen molar-refractivity contribution >= 4 is 34.2 Å². The van der Waals surface area contributed by atoms with Crippen LogP contribution in [-0.2, 0) is 20.9 Å². The van der Waals surface area contributed by atoms with Gasteiger partial charge in [0.2, 0.25) is 5.91 Å². The van der Waals surface area contributed by atoms with Crippen molar-refractivity contribution in [2.24, 2.45) is 0 Å². The Morgan fingerprint density at radius 3 is 2.81 bits per heavy atom. The largest absolute Gasteiger partial charge is 0.466 e. The molecule has 0 radical (unpaired) electrons. The number of amides is 1. The van der Waals surface area contributed by atoms with Crippen LogP contribution in [0.25, 0.3) is 11.0 Å². The number of thiophene rings is 1. The first kappa shape index (κ1) is 18.9. The second-order valence-corrected chi connectivity index (χ2v) is 7.12. The predicted octanol–water partition coefficient (Wildman–Crippen LogP) is 2.59. The van der Waals surface area contributed by atoms with E-state index < -0.39 is 0 Å². The van der Waals surface area contributed by atoms with Crippen molar-refractivity contribution in [3.8, 4) is 0 Å². The van der Waals surface area contributed by atoms with Crippen LogP contribution in [0, 0.1) is 0 Å². The van der Waals surface area contributed by atoms with Crippen molar-refractivity contribution in [2.45, 2.75) is 32.4 Å². The van der Waals surface area contributed by atoms with Gasteiger partial charge < -0.3 is 15.0 Å². The Kier molecular flexibility index (Phi) is 6.08. The number of para-hydroxylation sites is 2. The Morgan fingerprint density at radius 2 is 2.07 bits per heavy atom. The van der Waals surface area contributed by atoms with E-state index in [0.29, 0.717) is 13.0 Å². The molecule has 0 fully saturated rings. The van der Waals surface area contributed by atoms with E-state index >= 15 is 0 Å². The first-order valence-electron chi connectivity index (χ1n) is 8.68. The number of aromatic nitrogens is 2. The quantitative estimate of drug-likeness (QED) is 0.459. The van der Waals surface area contributed by atoms with Crippen molar-refractivity contribution in [1.82, 2.24) is 14.9 Å². The lowest BCUT2D eigenvalue weighted by Crippen LogP contribution is -2.28. The third kappa shape index (κ3) is 4.85. The Bertz CT molecular complexity index is 974. The summed E-state index contributed by atoms with van der Waals surface area (Å²) in [7, 11) is 0. The molecule has 0 saturated heterocycles. The van der Waals surface area contributed by atoms with Crippen molar-refractivity contribution in [2.75, 3.05) is 6.61 Å². The Morgan fingerprint density at radius 1 is 1.26 bits per heavy atom. The fourth-order valence-corrected chi connectivity index (χ4v) is 3.70. The van der Waals surface area contributed by atoms with Gasteiger partial charge in [0.1, 0.15) is 0 Å². The highest BCUT2D eigenvalue weighted by atomic mass is 32.1. The molecule has 142 valence electrons. The van der Waals surface area contributed by atoms with Gasteiger partial charge in [-0.05, 0) is 30.0 Å². The molecule has 0 saturated carbocycles. The van der Waals surface area contributed by atoms with Crippen molar-refractivity contribution < 1.29 is 14.3 Å². The highest BCUT2D eigenvalue weighted by molar-refractivity contribution is 7.10. The molecule has 1 aromatic carbocycles. The number of rotatable bonds is 8. The molecule has 27 heavy (non-hydrogen) atoms. The maximum absolute atomic E-state index is 12.1. The van der Waals surface area contributed by atoms with E-state index in [9.17, 15) is 14.4 Å². The van der Waals surface area contributed by atoms with E-state index in [0.717, 1.165) is 15.9 Å². The zero-order valence-corrected chi connectivity index (χ0v) is 15.8. The van der Waals surface area contributed by atoms with Crippen LogP contribution in [0.15, 0.2) is 46.6 Å². The summed E-state index contributed by atoms with van der Waals surface area (Å²) in [5, 5.41) is 4.67. The van der Waals surface area contributed by atoms with Gasteiger partial charge in [-0.1, -0.05) is 18.2 Å². The number of aryl methyl sites for hydroxylation is 1. The Balaban J connectivity index is 1.51. The summed E-state index contributed by atoms with van der Waals surface area (Å²) in [5.41, 5.74) is 1.44. The Hall–Kier alpha value is -2.87. The molecule has 1 atom stereocenters. The van der Waals surface area contributed by atoms with Crippen molar-refractivity contribution in [3.05, 3.63) is 57.1 Å². The lowest BCUT2D eigenvalue weighted by molar-refractivity contribution is -0.144. The molecule has 0 aliphatic rings. The third-order valence-electron chi connectivity index (χ3n) is 4.11. The van der Waals surface area contributed by atoms with Gasteiger partial charge in [-0.15, -0.1) is 11.3 Å². The average Bonchev–Trinajstić information content (AvgIpc) is 3.26. The molecule has 8 heteroatoms. The molecule has 7 nitrogen and oxygen atoms in total. The van der Waals surface area contributed by atoms with Crippen LogP contribution in [0.1, 0.15) is 30.7 Å². The number of ether oxygens (including phenoxy) is 1. The number of nitrogens with zero attached hydrogens (tertiary/aromatic N) is 1. The first-order valence-corrected chi connectivity index (χ1v) is 9.56. The van der Waals surface area contributed by atoms with Gasteiger partial charge in [-0.2, -0.15) is 0 Å². The second kappa shape index (κ2) is 8.68. The number of esters is 1. The normalized spacial score (nSPS) is 12.0. The molecule has 0 unspecified atom stereocenters. The number of aromatic amines is 1. The third-order valence-corrected chi connectivity index (χ3v) is 5.09. The molecular formula is C19H21N3O4S. The molecule has 2 N–H and O–H groups in total. The number of carbonyl (C=O) groups is 2. The van der Waals surface area contributed by atoms with Gasteiger partial charge in [0.25, 0.3) is 0 Å². The van der Waals surface area contributed by atoms with Crippen molar-refractivity contribution in [1.29, 1.82) is 0 Å². The SMILES string of the molecule is CC(=O)N[C@H](CC(=O)OCCCn1c(=O)[nH]c2ccccc21)c1cccs1. The summed E-state index contributed by atoms with van der Waals surface area (Å²) in [6.45, 7) is 2.09. The lowest BCUT2D eigenvalue weighted by atomic mass is 10.1. The predicted molar refractivity (Wildman–Crippen MR) is 104 cm³/mol. The highest BCUT2D eigenvalue weighted by Gasteiger charge is 2.19. The topological polar surface area (TPSA) is 93.2 Å². The van der Waals surface area contributed by atoms with Crippen LogP contribution < -0.4 is 11.0 Å². The van der Waals surface area contributed by atoms with E-state index in [2.05, 4.69) is 10.3 Å². The second-order valence-electron chi connectivity index (χ2n) is 6.15. The summed E-state index contributed by atoms with van der Waals surface area (Å²) in [5.74, 6) is -0.576. The minimum atomic E-state index is -0.383. The molecule has 3 aromatic rings. The van der Waals surface area contributed by atoms with Crippen LogP contribution in [0.3, 0.4) is 0 Å². The molecule has 0 aliphatic heterocycles. The number of imidazole rings is 1. The highest BCUT2D eigenvalue weighted by Crippen LogP contribution is 2.22. The molecule has 2 heterocycles. The first-order chi connectivity index (χ1) is 13.0. The molecule has 0 bridgehead atoms. The van der Waals surface area contributed by atoms with E-state index in [1.165, 1.54) is 18.3 Å². The number of hydrogen-bond donors (Lipinski definition) is 2. The summed E-state index contributed by atoms with van der Waals surface area (Å²) in [4.78, 5) is 39.2. The summed E-state index contributed by atoms with van der Waals surface area (Å²) in [6.07, 6.45) is 0.602. The Labute approximate surface area is 160 Å². The smallest absolute Gasteiger partial charge is 0.326 e. The monoisotopic (exact) mass is 387 g/mol. The molecule has 3 rings (SSSR count). The van der Waals surface area contributed by atoms with Crippen LogP contribution in [0.5, 0.6) is 0 Å². The number of hydrogen-bond acceptors (Lipinski definition) is 5. The molecule has 2 aromatic heterocycles. The number of benzene rings is 1. The lowest BCUT2D eigenvalue weighted by Gasteiger charge is -2.15. The minimum absolute atomic E-state index is 0.0765. The van der Waals surface area contributed by atoms with E-state index in [1.54, 1.807) is 4.57 Å². The van der Waals surface area contributed by atoms with E-state index in [-0.39, 0.29) is 36.6 Å². The van der Waals surface area contributed by atoms with Crippen molar-refractivity contribution in [3.63, 3.8) is 0 Å². The number of fused-ring (bicyclic) bond motifs is 1. The fraction of sp³-hybridized carbons (Fsp3) is 0.316. The molecule has 0 spiro atoms. The van der Waals surface area contributed by atoms with Gasteiger partial charge in [0.05, 0.1) is 30.1 Å².